The maximum atomic E-state index is 12.0. The third-order valence-corrected chi connectivity index (χ3v) is 5.91. The molecule has 0 fully saturated rings. The fourth-order valence-electron chi connectivity index (χ4n) is 1.21. The van der Waals surface area contributed by atoms with E-state index in [1.807, 2.05) is 0 Å². The Labute approximate surface area is 122 Å². The van der Waals surface area contributed by atoms with E-state index in [0.717, 1.165) is 17.4 Å². The summed E-state index contributed by atoms with van der Waals surface area (Å²) in [5, 5.41) is 11.1. The molecule has 0 saturated carbocycles. The van der Waals surface area contributed by atoms with Gasteiger partial charge in [0, 0.05) is 7.05 Å². The predicted octanol–water partition coefficient (Wildman–Crippen LogP) is 0.622. The van der Waals surface area contributed by atoms with Crippen molar-refractivity contribution < 1.29 is 23.1 Å². The van der Waals surface area contributed by atoms with Crippen molar-refractivity contribution in [3.63, 3.8) is 0 Å². The minimum atomic E-state index is -3.97. The molecule has 0 bridgehead atoms. The van der Waals surface area contributed by atoms with Crippen molar-refractivity contribution in [2.24, 2.45) is 0 Å². The molecule has 0 saturated heterocycles. The number of hydrogen-bond donors (Lipinski definition) is 3. The minimum absolute atomic E-state index is 0.111. The van der Waals surface area contributed by atoms with Crippen molar-refractivity contribution in [1.82, 2.24) is 10.0 Å². The molecule has 10 heteroatoms. The molecular weight excluding hydrogens is 360 g/mol. The van der Waals surface area contributed by atoms with Gasteiger partial charge in [0.1, 0.15) is 9.77 Å². The van der Waals surface area contributed by atoms with Crippen LogP contribution >= 0.6 is 27.3 Å². The zero-order valence-electron chi connectivity index (χ0n) is 9.93. The van der Waals surface area contributed by atoms with E-state index in [2.05, 4.69) is 26.0 Å². The number of halogens is 1. The second kappa shape index (κ2) is 5.99. The number of carboxylic acid groups (broad SMARTS) is 1. The van der Waals surface area contributed by atoms with Gasteiger partial charge >= 0.3 is 5.97 Å². The van der Waals surface area contributed by atoms with Crippen LogP contribution in [0, 0.1) is 0 Å². The molecule has 3 N–H and O–H groups in total. The molecule has 1 aromatic heterocycles. The van der Waals surface area contributed by atoms with Crippen LogP contribution in [0.4, 0.5) is 0 Å². The average Bonchev–Trinajstić information content (AvgIpc) is 2.70. The van der Waals surface area contributed by atoms with Gasteiger partial charge in [-0.25, -0.2) is 13.2 Å². The van der Waals surface area contributed by atoms with Crippen molar-refractivity contribution in [3.05, 3.63) is 14.7 Å². The monoisotopic (exact) mass is 370 g/mol. The normalized spacial score (nSPS) is 13.0. The number of carbonyl (C=O) groups excluding carboxylic acids is 1. The first kappa shape index (κ1) is 16.1. The number of likely N-dealkylation sites (N-methyl/N-ethyl adjacent to an activating group) is 1. The van der Waals surface area contributed by atoms with Crippen LogP contribution in [0.25, 0.3) is 0 Å². The van der Waals surface area contributed by atoms with Gasteiger partial charge in [0.25, 0.3) is 0 Å². The van der Waals surface area contributed by atoms with E-state index in [4.69, 9.17) is 5.11 Å². The van der Waals surface area contributed by atoms with Crippen LogP contribution < -0.4 is 10.0 Å². The van der Waals surface area contributed by atoms with Crippen LogP contribution in [-0.2, 0) is 14.8 Å². The summed E-state index contributed by atoms with van der Waals surface area (Å²) in [6.07, 6.45) is 0. The van der Waals surface area contributed by atoms with Gasteiger partial charge in [0.05, 0.1) is 9.83 Å². The third-order valence-electron chi connectivity index (χ3n) is 2.13. The summed E-state index contributed by atoms with van der Waals surface area (Å²) >= 11 is 3.79. The van der Waals surface area contributed by atoms with Crippen molar-refractivity contribution in [2.75, 3.05) is 7.05 Å². The summed E-state index contributed by atoms with van der Waals surface area (Å²) in [7, 11) is -2.58. The Hall–Kier alpha value is -0.970. The van der Waals surface area contributed by atoms with Crippen LogP contribution in [-0.4, -0.2) is 38.5 Å². The summed E-state index contributed by atoms with van der Waals surface area (Å²) in [6, 6.07) is 0.0748. The molecule has 1 atom stereocenters. The molecule has 0 aliphatic carbocycles. The first-order valence-corrected chi connectivity index (χ1v) is 8.05. The Balaban J connectivity index is 3.07. The van der Waals surface area contributed by atoms with Crippen molar-refractivity contribution in [1.29, 1.82) is 0 Å². The highest BCUT2D eigenvalue weighted by molar-refractivity contribution is 9.11. The molecular formula is C9H11BrN2O5S2. The molecule has 0 aliphatic heterocycles. The number of rotatable bonds is 5. The van der Waals surface area contributed by atoms with E-state index in [9.17, 15) is 18.0 Å². The Morgan fingerprint density at radius 2 is 2.05 bits per heavy atom. The number of aromatic carboxylic acids is 1. The zero-order chi connectivity index (χ0) is 14.8. The van der Waals surface area contributed by atoms with Gasteiger partial charge in [-0.2, -0.15) is 4.72 Å². The Morgan fingerprint density at radius 1 is 1.47 bits per heavy atom. The van der Waals surface area contributed by atoms with E-state index in [1.54, 1.807) is 0 Å². The Morgan fingerprint density at radius 3 is 2.47 bits per heavy atom. The third kappa shape index (κ3) is 3.75. The van der Waals surface area contributed by atoms with Gasteiger partial charge in [-0.3, -0.25) is 4.79 Å². The van der Waals surface area contributed by atoms with Crippen LogP contribution in [0.2, 0.25) is 0 Å². The quantitative estimate of drug-likeness (QED) is 0.703. The molecule has 1 rings (SSSR count). The molecule has 1 aromatic rings. The van der Waals surface area contributed by atoms with Gasteiger partial charge < -0.3 is 10.4 Å². The van der Waals surface area contributed by atoms with Crippen LogP contribution in [0.1, 0.15) is 16.6 Å². The second-order valence-electron chi connectivity index (χ2n) is 3.51. The number of thiophene rings is 1. The largest absolute Gasteiger partial charge is 0.477 e. The molecule has 0 radical (unpaired) electrons. The molecule has 1 amide bonds. The summed E-state index contributed by atoms with van der Waals surface area (Å²) < 4.78 is 26.4. The topological polar surface area (TPSA) is 113 Å². The van der Waals surface area contributed by atoms with Crippen LogP contribution in [0.3, 0.4) is 0 Å². The lowest BCUT2D eigenvalue weighted by molar-refractivity contribution is -0.121. The predicted molar refractivity (Wildman–Crippen MR) is 72.8 cm³/mol. The van der Waals surface area contributed by atoms with Gasteiger partial charge in [0.15, 0.2) is 0 Å². The molecule has 7 nitrogen and oxygen atoms in total. The molecule has 106 valence electrons. The molecule has 0 aromatic carbocycles. The standard InChI is InChI=1S/C9H11BrN2O5S2/c1-4(8(13)11-2)12-19(16,17)6-3-5(9(14)15)18-7(6)10/h3-4,12H,1-2H3,(H,11,13)(H,14,15). The highest BCUT2D eigenvalue weighted by Gasteiger charge is 2.26. The number of hydrogen-bond acceptors (Lipinski definition) is 5. The van der Waals surface area contributed by atoms with Crippen molar-refractivity contribution >= 4 is 49.2 Å². The zero-order valence-corrected chi connectivity index (χ0v) is 13.1. The lowest BCUT2D eigenvalue weighted by Gasteiger charge is -2.12. The second-order valence-corrected chi connectivity index (χ2v) is 7.56. The smallest absolute Gasteiger partial charge is 0.345 e. The summed E-state index contributed by atoms with van der Waals surface area (Å²) in [6.45, 7) is 1.38. The number of sulfonamides is 1. The molecule has 1 unspecified atom stereocenters. The van der Waals surface area contributed by atoms with Crippen LogP contribution in [0.15, 0.2) is 14.7 Å². The minimum Gasteiger partial charge on any atom is -0.477 e. The van der Waals surface area contributed by atoms with E-state index in [-0.39, 0.29) is 13.6 Å². The number of nitrogens with one attached hydrogen (secondary N) is 2. The average molecular weight is 371 g/mol. The van der Waals surface area contributed by atoms with E-state index >= 15 is 0 Å². The summed E-state index contributed by atoms with van der Waals surface area (Å²) in [5.41, 5.74) is 0. The van der Waals surface area contributed by atoms with Crippen molar-refractivity contribution in [2.45, 2.75) is 17.9 Å². The highest BCUT2D eigenvalue weighted by Crippen LogP contribution is 2.31. The van der Waals surface area contributed by atoms with Gasteiger partial charge in [-0.1, -0.05) is 0 Å². The first-order chi connectivity index (χ1) is 8.69. The molecule has 1 heterocycles. The molecule has 0 aliphatic rings. The Bertz CT molecular complexity index is 610. The maximum absolute atomic E-state index is 12.0. The Kier molecular flexibility index (Phi) is 5.07. The number of carboxylic acids is 1. The molecule has 19 heavy (non-hydrogen) atoms. The van der Waals surface area contributed by atoms with Gasteiger partial charge in [-0.05, 0) is 28.9 Å². The fraction of sp³-hybridized carbons (Fsp3) is 0.333. The van der Waals surface area contributed by atoms with E-state index in [0.29, 0.717) is 0 Å². The summed E-state index contributed by atoms with van der Waals surface area (Å²) in [5.74, 6) is -1.71. The van der Waals surface area contributed by atoms with E-state index in [1.165, 1.54) is 14.0 Å². The number of amides is 1. The summed E-state index contributed by atoms with van der Waals surface area (Å²) in [4.78, 5) is 21.7. The first-order valence-electron chi connectivity index (χ1n) is 4.95. The lowest BCUT2D eigenvalue weighted by atomic mass is 10.3. The van der Waals surface area contributed by atoms with E-state index < -0.39 is 27.9 Å². The maximum Gasteiger partial charge on any atom is 0.345 e. The van der Waals surface area contributed by atoms with Gasteiger partial charge in [0.2, 0.25) is 15.9 Å². The lowest BCUT2D eigenvalue weighted by Crippen LogP contribution is -2.43. The number of carbonyl (C=O) groups is 2. The molecule has 0 spiro atoms. The van der Waals surface area contributed by atoms with Crippen molar-refractivity contribution in [3.8, 4) is 0 Å². The highest BCUT2D eigenvalue weighted by atomic mass is 79.9. The SMILES string of the molecule is CNC(=O)C(C)NS(=O)(=O)c1cc(C(=O)O)sc1Br. The fourth-order valence-corrected chi connectivity index (χ4v) is 4.81. The van der Waals surface area contributed by atoms with Gasteiger partial charge in [-0.15, -0.1) is 11.3 Å². The van der Waals surface area contributed by atoms with Crippen LogP contribution in [0.5, 0.6) is 0 Å².